The van der Waals surface area contributed by atoms with Gasteiger partial charge in [0, 0.05) is 24.7 Å². The van der Waals surface area contributed by atoms with Crippen LogP contribution in [0.5, 0.6) is 0 Å². The van der Waals surface area contributed by atoms with Crippen molar-refractivity contribution in [2.75, 3.05) is 12.3 Å². The summed E-state index contributed by atoms with van der Waals surface area (Å²) in [5.41, 5.74) is 8.12. The van der Waals surface area contributed by atoms with Crippen LogP contribution in [0.3, 0.4) is 0 Å². The van der Waals surface area contributed by atoms with Crippen molar-refractivity contribution in [3.05, 3.63) is 29.3 Å². The van der Waals surface area contributed by atoms with Gasteiger partial charge in [-0.25, -0.2) is 0 Å². The van der Waals surface area contributed by atoms with Crippen LogP contribution in [0.4, 0.5) is 5.69 Å². The molecule has 4 nitrogen and oxygen atoms in total. The van der Waals surface area contributed by atoms with Crippen LogP contribution >= 0.6 is 0 Å². The Morgan fingerprint density at radius 1 is 1.32 bits per heavy atom. The third-order valence-electron chi connectivity index (χ3n) is 4.37. The number of carbonyl (C=O) groups is 1. The molecule has 1 amide bonds. The number of hydrogen-bond acceptors (Lipinski definition) is 3. The van der Waals surface area contributed by atoms with Gasteiger partial charge in [-0.2, -0.15) is 0 Å². The lowest BCUT2D eigenvalue weighted by molar-refractivity contribution is 0.0414. The van der Waals surface area contributed by atoms with Gasteiger partial charge in [0.1, 0.15) is 0 Å². The van der Waals surface area contributed by atoms with Gasteiger partial charge in [-0.05, 0) is 24.5 Å². The standard InChI is InChI=1S/C15H20N2O2/c16-12-6-3-5-11-9-17(15(19)14(11)12)8-10-4-1-2-7-13(10)18/h3,5-6,10,13,18H,1-2,4,7-9,16H2/t10-,13-/m0/s1. The van der Waals surface area contributed by atoms with Crippen molar-refractivity contribution in [3.63, 3.8) is 0 Å². The molecule has 102 valence electrons. The fourth-order valence-corrected chi connectivity index (χ4v) is 3.28. The Hall–Kier alpha value is -1.55. The van der Waals surface area contributed by atoms with Gasteiger partial charge in [-0.15, -0.1) is 0 Å². The maximum absolute atomic E-state index is 12.4. The van der Waals surface area contributed by atoms with Crippen molar-refractivity contribution in [2.45, 2.75) is 38.3 Å². The van der Waals surface area contributed by atoms with E-state index < -0.39 is 0 Å². The van der Waals surface area contributed by atoms with Gasteiger partial charge >= 0.3 is 0 Å². The largest absolute Gasteiger partial charge is 0.398 e. The number of fused-ring (bicyclic) bond motifs is 1. The Bertz CT molecular complexity index is 501. The number of carbonyl (C=O) groups excluding carboxylic acids is 1. The second-order valence-electron chi connectivity index (χ2n) is 5.68. The summed E-state index contributed by atoms with van der Waals surface area (Å²) >= 11 is 0. The topological polar surface area (TPSA) is 66.6 Å². The van der Waals surface area contributed by atoms with E-state index in [4.69, 9.17) is 5.73 Å². The molecule has 0 saturated heterocycles. The van der Waals surface area contributed by atoms with Crippen LogP contribution in [0.1, 0.15) is 41.6 Å². The predicted molar refractivity (Wildman–Crippen MR) is 73.6 cm³/mol. The van der Waals surface area contributed by atoms with E-state index >= 15 is 0 Å². The van der Waals surface area contributed by atoms with Crippen LogP contribution in [0, 0.1) is 5.92 Å². The molecule has 1 aromatic rings. The SMILES string of the molecule is Nc1cccc2c1C(=O)N(C[C@@H]1CCCC[C@@H]1O)C2. The van der Waals surface area contributed by atoms with Crippen LogP contribution in [0.15, 0.2) is 18.2 Å². The van der Waals surface area contributed by atoms with E-state index in [0.29, 0.717) is 24.3 Å². The summed E-state index contributed by atoms with van der Waals surface area (Å²) in [7, 11) is 0. The van der Waals surface area contributed by atoms with Gasteiger partial charge < -0.3 is 15.7 Å². The first-order valence-corrected chi connectivity index (χ1v) is 7.01. The quantitative estimate of drug-likeness (QED) is 0.796. The monoisotopic (exact) mass is 260 g/mol. The number of benzene rings is 1. The van der Waals surface area contributed by atoms with Crippen LogP contribution < -0.4 is 5.73 Å². The third-order valence-corrected chi connectivity index (χ3v) is 4.37. The highest BCUT2D eigenvalue weighted by atomic mass is 16.3. The van der Waals surface area contributed by atoms with Gasteiger partial charge in [0.05, 0.1) is 11.7 Å². The minimum Gasteiger partial charge on any atom is -0.398 e. The lowest BCUT2D eigenvalue weighted by atomic mass is 9.86. The zero-order valence-corrected chi connectivity index (χ0v) is 11.0. The molecule has 1 heterocycles. The molecular formula is C15H20N2O2. The van der Waals surface area contributed by atoms with Crippen LogP contribution in [-0.4, -0.2) is 28.6 Å². The summed E-state index contributed by atoms with van der Waals surface area (Å²) in [6, 6.07) is 5.62. The summed E-state index contributed by atoms with van der Waals surface area (Å²) in [6.07, 6.45) is 3.86. The van der Waals surface area contributed by atoms with Gasteiger partial charge in [-0.1, -0.05) is 25.0 Å². The van der Waals surface area contributed by atoms with Crippen molar-refractivity contribution < 1.29 is 9.90 Å². The Morgan fingerprint density at radius 2 is 2.11 bits per heavy atom. The van der Waals surface area contributed by atoms with Gasteiger partial charge in [0.25, 0.3) is 5.91 Å². The molecule has 2 atom stereocenters. The molecule has 1 saturated carbocycles. The maximum Gasteiger partial charge on any atom is 0.256 e. The van der Waals surface area contributed by atoms with E-state index in [1.807, 2.05) is 17.0 Å². The van der Waals surface area contributed by atoms with Crippen molar-refractivity contribution in [1.82, 2.24) is 4.90 Å². The molecule has 0 aromatic heterocycles. The van der Waals surface area contributed by atoms with Gasteiger partial charge in [0.2, 0.25) is 0 Å². The molecule has 0 bridgehead atoms. The summed E-state index contributed by atoms with van der Waals surface area (Å²) in [4.78, 5) is 14.2. The average Bonchev–Trinajstić information content (AvgIpc) is 2.71. The predicted octanol–water partition coefficient (Wildman–Crippen LogP) is 1.78. The minimum atomic E-state index is -0.261. The second kappa shape index (κ2) is 4.85. The van der Waals surface area contributed by atoms with E-state index in [1.165, 1.54) is 0 Å². The molecule has 3 rings (SSSR count). The van der Waals surface area contributed by atoms with Crippen molar-refractivity contribution in [1.29, 1.82) is 0 Å². The van der Waals surface area contributed by atoms with Crippen LogP contribution in [-0.2, 0) is 6.54 Å². The summed E-state index contributed by atoms with van der Waals surface area (Å²) in [5.74, 6) is 0.235. The molecule has 2 aliphatic rings. The molecule has 1 aliphatic carbocycles. The number of hydrogen-bond donors (Lipinski definition) is 2. The Labute approximate surface area is 113 Å². The number of nitrogens with two attached hydrogens (primary N) is 1. The lowest BCUT2D eigenvalue weighted by Gasteiger charge is -2.31. The van der Waals surface area contributed by atoms with E-state index in [1.54, 1.807) is 6.07 Å². The smallest absolute Gasteiger partial charge is 0.256 e. The molecule has 4 heteroatoms. The normalized spacial score (nSPS) is 26.6. The highest BCUT2D eigenvalue weighted by molar-refractivity contribution is 6.03. The van der Waals surface area contributed by atoms with Crippen molar-refractivity contribution >= 4 is 11.6 Å². The Morgan fingerprint density at radius 3 is 2.84 bits per heavy atom. The molecule has 1 aromatic carbocycles. The number of nitrogens with zero attached hydrogens (tertiary/aromatic N) is 1. The molecule has 0 spiro atoms. The number of anilines is 1. The van der Waals surface area contributed by atoms with Crippen LogP contribution in [0.2, 0.25) is 0 Å². The molecular weight excluding hydrogens is 240 g/mol. The summed E-state index contributed by atoms with van der Waals surface area (Å²) in [6.45, 7) is 1.27. The van der Waals surface area contributed by atoms with E-state index in [2.05, 4.69) is 0 Å². The molecule has 1 aliphatic heterocycles. The number of amides is 1. The zero-order valence-electron chi connectivity index (χ0n) is 11.0. The lowest BCUT2D eigenvalue weighted by Crippen LogP contribution is -2.37. The first kappa shape index (κ1) is 12.5. The van der Waals surface area contributed by atoms with Gasteiger partial charge in [0.15, 0.2) is 0 Å². The van der Waals surface area contributed by atoms with Crippen molar-refractivity contribution in [2.24, 2.45) is 5.92 Å². The fraction of sp³-hybridized carbons (Fsp3) is 0.533. The second-order valence-corrected chi connectivity index (χ2v) is 5.68. The van der Waals surface area contributed by atoms with Gasteiger partial charge in [-0.3, -0.25) is 4.79 Å². The highest BCUT2D eigenvalue weighted by Gasteiger charge is 2.33. The minimum absolute atomic E-state index is 0.0193. The molecule has 0 radical (unpaired) electrons. The first-order chi connectivity index (χ1) is 9.16. The van der Waals surface area contributed by atoms with E-state index in [0.717, 1.165) is 31.2 Å². The molecule has 1 fully saturated rings. The summed E-state index contributed by atoms with van der Waals surface area (Å²) in [5, 5.41) is 10.0. The van der Waals surface area contributed by atoms with Crippen LogP contribution in [0.25, 0.3) is 0 Å². The third kappa shape index (κ3) is 2.21. The number of aliphatic hydroxyl groups excluding tert-OH is 1. The number of rotatable bonds is 2. The maximum atomic E-state index is 12.4. The molecule has 0 unspecified atom stereocenters. The molecule has 3 N–H and O–H groups in total. The zero-order chi connectivity index (χ0) is 13.4. The molecule has 19 heavy (non-hydrogen) atoms. The number of nitrogen functional groups attached to an aromatic ring is 1. The number of aliphatic hydroxyl groups is 1. The Balaban J connectivity index is 1.75. The highest BCUT2D eigenvalue weighted by Crippen LogP contribution is 2.31. The Kier molecular flexibility index (Phi) is 3.19. The average molecular weight is 260 g/mol. The van der Waals surface area contributed by atoms with E-state index in [-0.39, 0.29) is 17.9 Å². The van der Waals surface area contributed by atoms with E-state index in [9.17, 15) is 9.90 Å². The first-order valence-electron chi connectivity index (χ1n) is 7.01. The van der Waals surface area contributed by atoms with Crippen molar-refractivity contribution in [3.8, 4) is 0 Å². The fourth-order valence-electron chi connectivity index (χ4n) is 3.28. The summed E-state index contributed by atoms with van der Waals surface area (Å²) < 4.78 is 0.